The second kappa shape index (κ2) is 19.4. The number of nitrogens with one attached hydrogen (secondary N) is 4. The largest absolute Gasteiger partial charge is 0.394 e. The molecular formula is C32H48N16O8. The van der Waals surface area contributed by atoms with Crippen molar-refractivity contribution in [2.45, 2.75) is 78.3 Å². The van der Waals surface area contributed by atoms with Crippen LogP contribution in [0.1, 0.15) is 51.3 Å². The van der Waals surface area contributed by atoms with Gasteiger partial charge in [-0.3, -0.25) is 28.7 Å². The number of nitrogen functional groups attached to an aromatic ring is 2. The van der Waals surface area contributed by atoms with Crippen LogP contribution in [0.15, 0.2) is 56.9 Å². The molecule has 0 saturated carbocycles. The zero-order chi connectivity index (χ0) is 39.1. The highest BCUT2D eigenvalue weighted by atomic mass is 16.5. The molecular weight excluding hydrogens is 736 g/mol. The van der Waals surface area contributed by atoms with Crippen molar-refractivity contribution in [3.8, 4) is 0 Å². The van der Waals surface area contributed by atoms with Crippen molar-refractivity contribution in [2.75, 3.05) is 24.7 Å². The Hall–Kier alpha value is -6.18. The third-order valence-electron chi connectivity index (χ3n) is 8.34. The third-order valence-corrected chi connectivity index (χ3v) is 8.34. The molecule has 2 aliphatic rings. The number of aromatic amines is 4. The van der Waals surface area contributed by atoms with Crippen molar-refractivity contribution in [3.63, 3.8) is 0 Å². The lowest BCUT2D eigenvalue weighted by Crippen LogP contribution is -2.33. The van der Waals surface area contributed by atoms with Gasteiger partial charge in [0, 0.05) is 48.4 Å². The van der Waals surface area contributed by atoms with Gasteiger partial charge in [-0.1, -0.05) is 14.9 Å². The van der Waals surface area contributed by atoms with Gasteiger partial charge < -0.3 is 52.6 Å². The smallest absolute Gasteiger partial charge is 0.330 e. The maximum Gasteiger partial charge on any atom is 0.330 e. The highest BCUT2D eigenvalue weighted by Crippen LogP contribution is 2.30. The molecule has 0 radical (unpaired) electrons. The first-order valence-corrected chi connectivity index (χ1v) is 16.3. The third kappa shape index (κ3) is 10.1. The molecule has 14 N–H and O–H groups in total. The average molecular weight is 785 g/mol. The number of aliphatic hydroxyl groups excluding tert-OH is 2. The van der Waals surface area contributed by atoms with Crippen LogP contribution in [0.25, 0.3) is 22.3 Å². The molecule has 2 fully saturated rings. The minimum atomic E-state index is -0.537. The van der Waals surface area contributed by atoms with Gasteiger partial charge in [-0.25, -0.2) is 39.5 Å². The number of anilines is 2. The van der Waals surface area contributed by atoms with Crippen molar-refractivity contribution in [2.24, 2.45) is 11.5 Å². The van der Waals surface area contributed by atoms with Crippen molar-refractivity contribution in [1.82, 2.24) is 59.0 Å². The van der Waals surface area contributed by atoms with E-state index in [9.17, 15) is 19.2 Å². The maximum atomic E-state index is 11.6. The predicted octanol–water partition coefficient (Wildman–Crippen LogP) is -1.95. The Morgan fingerprint density at radius 2 is 1.36 bits per heavy atom. The van der Waals surface area contributed by atoms with E-state index in [0.29, 0.717) is 57.9 Å². The summed E-state index contributed by atoms with van der Waals surface area (Å²) in [5.41, 5.74) is 24.5. The quantitative estimate of drug-likeness (QED) is 0.0928. The zero-order valence-electron chi connectivity index (χ0n) is 29.0. The van der Waals surface area contributed by atoms with E-state index in [4.69, 9.17) is 42.6 Å². The van der Waals surface area contributed by atoms with Gasteiger partial charge in [0.1, 0.15) is 36.1 Å². The van der Waals surface area contributed by atoms with Gasteiger partial charge in [0.25, 0.3) is 11.1 Å². The van der Waals surface area contributed by atoms with Crippen molar-refractivity contribution in [1.29, 1.82) is 0 Å². The molecule has 24 nitrogen and oxygen atoms in total. The van der Waals surface area contributed by atoms with E-state index in [0.717, 1.165) is 0 Å². The van der Waals surface area contributed by atoms with E-state index in [-0.39, 0.29) is 58.0 Å². The lowest BCUT2D eigenvalue weighted by atomic mass is 10.1. The van der Waals surface area contributed by atoms with Gasteiger partial charge in [-0.2, -0.15) is 0 Å². The monoisotopic (exact) mass is 784 g/mol. The van der Waals surface area contributed by atoms with Crippen molar-refractivity contribution >= 4 is 34.0 Å². The lowest BCUT2D eigenvalue weighted by molar-refractivity contribution is -0.0271. The van der Waals surface area contributed by atoms with Crippen molar-refractivity contribution < 1.29 is 19.7 Å². The highest BCUT2D eigenvalue weighted by molar-refractivity contribution is 5.81. The number of fused-ring (bicyclic) bond motifs is 2. The predicted molar refractivity (Wildman–Crippen MR) is 205 cm³/mol. The van der Waals surface area contributed by atoms with Crippen LogP contribution in [0.3, 0.4) is 0 Å². The molecule has 0 bridgehead atoms. The number of aryl methyl sites for hydroxylation is 2. The molecule has 304 valence electrons. The summed E-state index contributed by atoms with van der Waals surface area (Å²) in [6.07, 6.45) is 8.11. The molecule has 8 rings (SSSR count). The summed E-state index contributed by atoms with van der Waals surface area (Å²) in [6.45, 7) is 2.94. The summed E-state index contributed by atoms with van der Waals surface area (Å²) in [7, 11) is 0. The van der Waals surface area contributed by atoms with Gasteiger partial charge in [0.05, 0.1) is 38.1 Å². The first-order valence-electron chi connectivity index (χ1n) is 16.3. The molecule has 2 aliphatic heterocycles. The number of nitrogens with zero attached hydrogens (tertiary/aromatic N) is 8. The molecule has 0 aromatic carbocycles. The van der Waals surface area contributed by atoms with E-state index in [2.05, 4.69) is 49.8 Å². The Balaban J connectivity index is 0.000000206. The Bertz CT molecular complexity index is 2420. The van der Waals surface area contributed by atoms with Crippen LogP contribution in [0.5, 0.6) is 0 Å². The van der Waals surface area contributed by atoms with Gasteiger partial charge in [0.15, 0.2) is 22.9 Å². The normalized spacial score (nSPS) is 21.0. The minimum absolute atomic E-state index is 0. The maximum absolute atomic E-state index is 11.6. The SMILES string of the molecule is C.C.Cc1c[nH]c(=O)[nH]c1=O.Cc1cn([C@H]2C[C@@H](N)[C@@H](CO)O2)c(=O)[nH]c1=O.Nc1ncnc2c1ncn2[C@H]1C[C@@H](N)[C@@H](CO)O1.Nc1ncnc2nc[nH]c12. The number of ether oxygens (including phenoxy) is 2. The summed E-state index contributed by atoms with van der Waals surface area (Å²) >= 11 is 0. The topological polar surface area (TPSA) is 382 Å². The van der Waals surface area contributed by atoms with Crippen LogP contribution in [0, 0.1) is 13.8 Å². The van der Waals surface area contributed by atoms with E-state index < -0.39 is 29.3 Å². The first-order chi connectivity index (χ1) is 25.8. The van der Waals surface area contributed by atoms with Crippen LogP contribution >= 0.6 is 0 Å². The fraction of sp³-hybridized carbons (Fsp3) is 0.438. The summed E-state index contributed by atoms with van der Waals surface area (Å²) in [6, 6.07) is -0.513. The molecule has 6 atom stereocenters. The molecule has 0 aliphatic carbocycles. The number of hydrogen-bond acceptors (Lipinski definition) is 18. The number of rotatable bonds is 4. The lowest BCUT2D eigenvalue weighted by Gasteiger charge is -2.14. The zero-order valence-corrected chi connectivity index (χ0v) is 29.0. The average Bonchev–Trinajstić information content (AvgIpc) is 3.95. The second-order valence-electron chi connectivity index (χ2n) is 12.1. The van der Waals surface area contributed by atoms with E-state index >= 15 is 0 Å². The number of aromatic nitrogens is 12. The molecule has 0 unspecified atom stereocenters. The molecule has 24 heteroatoms. The molecule has 2 saturated heterocycles. The standard InChI is InChI=1S/C10H14N6O2.C10H15N3O4.C5H5N5.C5H6N2O2.2CH4/c11-5-1-7(18-6(5)2-17)16-4-15-8-9(12)13-3-14-10(8)16;1-5-3-13(10(16)12-9(5)15)8-2-6(11)7(4-14)17-8;6-4-3-5(9-1-7-3)10-2-8-4;1-3-2-6-5(9)7-4(3)8;;/h3-7,17H,1-2,11H2,(H2,12,13,14);3,6-8,14H,2,4,11H2,1H3,(H,12,15,16);1-2H,(H3,6,7,8,9,10);2H,1H3,(H2,6,7,8,9);2*1H4/t5-,6-,7-;6-,7-,8-;;;;/m11..../s1. The van der Waals surface area contributed by atoms with E-state index in [1.54, 1.807) is 24.7 Å². The Morgan fingerprint density at radius 1 is 0.768 bits per heavy atom. The highest BCUT2D eigenvalue weighted by Gasteiger charge is 2.35. The number of H-pyrrole nitrogens is 4. The first kappa shape index (κ1) is 44.2. The number of nitrogens with two attached hydrogens (primary N) is 4. The summed E-state index contributed by atoms with van der Waals surface area (Å²) in [4.78, 5) is 76.9. The fourth-order valence-corrected chi connectivity index (χ4v) is 5.34. The van der Waals surface area contributed by atoms with Gasteiger partial charge in [0.2, 0.25) is 0 Å². The van der Waals surface area contributed by atoms with Gasteiger partial charge in [-0.15, -0.1) is 0 Å². The molecule has 56 heavy (non-hydrogen) atoms. The van der Waals surface area contributed by atoms with Gasteiger partial charge in [-0.05, 0) is 13.8 Å². The summed E-state index contributed by atoms with van der Waals surface area (Å²) in [5.74, 6) is 0.766. The van der Waals surface area contributed by atoms with Crippen LogP contribution in [-0.2, 0) is 9.47 Å². The van der Waals surface area contributed by atoms with Crippen molar-refractivity contribution in [3.05, 3.63) is 90.5 Å². The fourth-order valence-electron chi connectivity index (χ4n) is 5.34. The Morgan fingerprint density at radius 3 is 1.93 bits per heavy atom. The number of hydrogen-bond donors (Lipinski definition) is 10. The molecule has 6 aromatic rings. The molecule has 0 spiro atoms. The molecule has 6 aromatic heterocycles. The van der Waals surface area contributed by atoms with Crippen LogP contribution < -0.4 is 45.4 Å². The molecule has 8 heterocycles. The van der Waals surface area contributed by atoms with E-state index in [1.807, 2.05) is 0 Å². The van der Waals surface area contributed by atoms with Crippen LogP contribution in [0.4, 0.5) is 11.6 Å². The number of imidazole rings is 2. The minimum Gasteiger partial charge on any atom is -0.394 e. The molecule has 0 amide bonds. The Kier molecular flexibility index (Phi) is 15.3. The van der Waals surface area contributed by atoms with Crippen LogP contribution in [-0.4, -0.2) is 107 Å². The summed E-state index contributed by atoms with van der Waals surface area (Å²) < 4.78 is 14.2. The summed E-state index contributed by atoms with van der Waals surface area (Å²) in [5, 5.41) is 18.2. The number of aliphatic hydroxyl groups is 2. The Labute approximate surface area is 317 Å². The van der Waals surface area contributed by atoms with Crippen LogP contribution in [0.2, 0.25) is 0 Å². The van der Waals surface area contributed by atoms with E-state index in [1.165, 1.54) is 35.9 Å². The second-order valence-corrected chi connectivity index (χ2v) is 12.1. The van der Waals surface area contributed by atoms with Gasteiger partial charge >= 0.3 is 11.4 Å².